The number of carbonyl (C=O) groups excluding carboxylic acids is 1. The summed E-state index contributed by atoms with van der Waals surface area (Å²) in [5.74, 6) is 0.778. The van der Waals surface area contributed by atoms with E-state index in [2.05, 4.69) is 34.8 Å². The number of rotatable bonds is 10. The molecule has 1 unspecified atom stereocenters. The predicted molar refractivity (Wildman–Crippen MR) is 106 cm³/mol. The minimum Gasteiger partial charge on any atom is -0.354 e. The number of guanidine groups is 1. The summed E-state index contributed by atoms with van der Waals surface area (Å²) < 4.78 is 0. The van der Waals surface area contributed by atoms with Gasteiger partial charge in [-0.05, 0) is 37.5 Å². The topological polar surface area (TPSA) is 65.5 Å². The normalized spacial score (nSPS) is 12.6. The molecule has 1 aromatic carbocycles. The van der Waals surface area contributed by atoms with Crippen LogP contribution in [-0.4, -0.2) is 31.5 Å². The minimum absolute atomic E-state index is 0.0178. The molecule has 0 aliphatic heterocycles. The van der Waals surface area contributed by atoms with E-state index in [1.54, 1.807) is 7.05 Å². The number of amides is 1. The van der Waals surface area contributed by atoms with Crippen LogP contribution in [0, 0.1) is 0 Å². The lowest BCUT2D eigenvalue weighted by atomic mass is 10.1. The Hall–Kier alpha value is -2.04. The van der Waals surface area contributed by atoms with Crippen LogP contribution in [0.2, 0.25) is 0 Å². The molecule has 25 heavy (non-hydrogen) atoms. The number of aliphatic imine (C=N–C) groups is 1. The lowest BCUT2D eigenvalue weighted by Crippen LogP contribution is -2.41. The fourth-order valence-electron chi connectivity index (χ4n) is 2.55. The molecule has 5 heteroatoms. The molecule has 140 valence electrons. The van der Waals surface area contributed by atoms with Crippen molar-refractivity contribution in [3.63, 3.8) is 0 Å². The van der Waals surface area contributed by atoms with Gasteiger partial charge in [-0.1, -0.05) is 45.2 Å². The number of hydrogen-bond acceptors (Lipinski definition) is 2. The van der Waals surface area contributed by atoms with Crippen LogP contribution >= 0.6 is 0 Å². The fraction of sp³-hybridized carbons (Fsp3) is 0.600. The van der Waals surface area contributed by atoms with Crippen LogP contribution in [0.1, 0.15) is 68.8 Å². The maximum absolute atomic E-state index is 12.1. The SMILES string of the molecule is CCCCCC(C)NC(=NC)NCc1cccc(C(=O)NCCC)c1. The van der Waals surface area contributed by atoms with Crippen LogP contribution in [0.15, 0.2) is 29.3 Å². The Labute approximate surface area is 152 Å². The Morgan fingerprint density at radius 1 is 1.16 bits per heavy atom. The summed E-state index contributed by atoms with van der Waals surface area (Å²) in [4.78, 5) is 16.3. The number of benzene rings is 1. The van der Waals surface area contributed by atoms with Crippen LogP contribution in [0.3, 0.4) is 0 Å². The number of hydrogen-bond donors (Lipinski definition) is 3. The molecule has 0 heterocycles. The summed E-state index contributed by atoms with van der Waals surface area (Å²) in [6.45, 7) is 7.78. The Morgan fingerprint density at radius 2 is 1.96 bits per heavy atom. The molecule has 0 spiro atoms. The van der Waals surface area contributed by atoms with Gasteiger partial charge in [-0.15, -0.1) is 0 Å². The molecule has 0 bridgehead atoms. The van der Waals surface area contributed by atoms with Gasteiger partial charge in [0.05, 0.1) is 0 Å². The zero-order valence-electron chi connectivity index (χ0n) is 16.2. The van der Waals surface area contributed by atoms with Crippen LogP contribution in [0.25, 0.3) is 0 Å². The van der Waals surface area contributed by atoms with E-state index in [9.17, 15) is 4.79 Å². The molecule has 0 fully saturated rings. The third-order valence-electron chi connectivity index (χ3n) is 4.03. The second-order valence-corrected chi connectivity index (χ2v) is 6.42. The molecule has 0 radical (unpaired) electrons. The Morgan fingerprint density at radius 3 is 2.64 bits per heavy atom. The number of nitrogens with zero attached hydrogens (tertiary/aromatic N) is 1. The third-order valence-corrected chi connectivity index (χ3v) is 4.03. The highest BCUT2D eigenvalue weighted by Gasteiger charge is 2.07. The van der Waals surface area contributed by atoms with Crippen molar-refractivity contribution in [3.05, 3.63) is 35.4 Å². The van der Waals surface area contributed by atoms with E-state index in [1.807, 2.05) is 31.2 Å². The number of nitrogens with one attached hydrogen (secondary N) is 3. The highest BCUT2D eigenvalue weighted by Crippen LogP contribution is 2.06. The van der Waals surface area contributed by atoms with E-state index in [-0.39, 0.29) is 5.91 Å². The Balaban J connectivity index is 2.51. The quantitative estimate of drug-likeness (QED) is 0.345. The van der Waals surface area contributed by atoms with Gasteiger partial charge in [0.25, 0.3) is 5.91 Å². The number of carbonyl (C=O) groups is 1. The predicted octanol–water partition coefficient (Wildman–Crippen LogP) is 3.46. The Bertz CT molecular complexity index is 542. The monoisotopic (exact) mass is 346 g/mol. The molecular formula is C20H34N4O. The lowest BCUT2D eigenvalue weighted by Gasteiger charge is -2.18. The molecule has 1 amide bonds. The molecule has 0 saturated heterocycles. The first-order chi connectivity index (χ1) is 12.1. The van der Waals surface area contributed by atoms with E-state index in [0.717, 1.165) is 24.4 Å². The first kappa shape index (κ1) is 21.0. The van der Waals surface area contributed by atoms with E-state index in [4.69, 9.17) is 0 Å². The highest BCUT2D eigenvalue weighted by molar-refractivity contribution is 5.94. The lowest BCUT2D eigenvalue weighted by molar-refractivity contribution is 0.0953. The highest BCUT2D eigenvalue weighted by atomic mass is 16.1. The van der Waals surface area contributed by atoms with Crippen molar-refractivity contribution in [2.24, 2.45) is 4.99 Å². The summed E-state index contributed by atoms with van der Waals surface area (Å²) in [6.07, 6.45) is 5.82. The van der Waals surface area contributed by atoms with Gasteiger partial charge in [0.15, 0.2) is 5.96 Å². The maximum Gasteiger partial charge on any atom is 0.251 e. The zero-order valence-corrected chi connectivity index (χ0v) is 16.2. The molecule has 3 N–H and O–H groups in total. The fourth-order valence-corrected chi connectivity index (χ4v) is 2.55. The van der Waals surface area contributed by atoms with Crippen molar-refractivity contribution < 1.29 is 4.79 Å². The molecule has 0 aromatic heterocycles. The average Bonchev–Trinajstić information content (AvgIpc) is 2.63. The van der Waals surface area contributed by atoms with Crippen molar-refractivity contribution in [3.8, 4) is 0 Å². The second-order valence-electron chi connectivity index (χ2n) is 6.42. The summed E-state index contributed by atoms with van der Waals surface area (Å²) in [7, 11) is 1.78. The largest absolute Gasteiger partial charge is 0.354 e. The second kappa shape index (κ2) is 12.3. The third kappa shape index (κ3) is 8.57. The molecule has 1 rings (SSSR count). The summed E-state index contributed by atoms with van der Waals surface area (Å²) >= 11 is 0. The van der Waals surface area contributed by atoms with Crippen molar-refractivity contribution in [2.45, 2.75) is 65.5 Å². The van der Waals surface area contributed by atoms with E-state index >= 15 is 0 Å². The van der Waals surface area contributed by atoms with Gasteiger partial charge in [-0.25, -0.2) is 0 Å². The molecular weight excluding hydrogens is 312 g/mol. The van der Waals surface area contributed by atoms with Crippen molar-refractivity contribution in [1.82, 2.24) is 16.0 Å². The van der Waals surface area contributed by atoms with Crippen LogP contribution in [-0.2, 0) is 6.54 Å². The van der Waals surface area contributed by atoms with Gasteiger partial charge in [0.1, 0.15) is 0 Å². The van der Waals surface area contributed by atoms with Gasteiger partial charge in [0, 0.05) is 31.7 Å². The first-order valence-electron chi connectivity index (χ1n) is 9.45. The minimum atomic E-state index is -0.0178. The molecule has 0 aliphatic rings. The van der Waals surface area contributed by atoms with E-state index in [1.165, 1.54) is 19.3 Å². The van der Waals surface area contributed by atoms with Gasteiger partial charge in [-0.3, -0.25) is 9.79 Å². The molecule has 5 nitrogen and oxygen atoms in total. The van der Waals surface area contributed by atoms with Crippen molar-refractivity contribution >= 4 is 11.9 Å². The molecule has 1 aromatic rings. The van der Waals surface area contributed by atoms with Gasteiger partial charge < -0.3 is 16.0 Å². The van der Waals surface area contributed by atoms with Crippen molar-refractivity contribution in [2.75, 3.05) is 13.6 Å². The van der Waals surface area contributed by atoms with Gasteiger partial charge >= 0.3 is 0 Å². The molecule has 0 saturated carbocycles. The van der Waals surface area contributed by atoms with E-state index in [0.29, 0.717) is 24.7 Å². The van der Waals surface area contributed by atoms with Crippen LogP contribution in [0.4, 0.5) is 0 Å². The molecule has 0 aliphatic carbocycles. The van der Waals surface area contributed by atoms with Gasteiger partial charge in [-0.2, -0.15) is 0 Å². The summed E-state index contributed by atoms with van der Waals surface area (Å²) in [6, 6.07) is 8.10. The van der Waals surface area contributed by atoms with Crippen LogP contribution in [0.5, 0.6) is 0 Å². The summed E-state index contributed by atoms with van der Waals surface area (Å²) in [5, 5.41) is 9.65. The van der Waals surface area contributed by atoms with Gasteiger partial charge in [0.2, 0.25) is 0 Å². The zero-order chi connectivity index (χ0) is 18.5. The van der Waals surface area contributed by atoms with Crippen molar-refractivity contribution in [1.29, 1.82) is 0 Å². The first-order valence-corrected chi connectivity index (χ1v) is 9.45. The van der Waals surface area contributed by atoms with Crippen LogP contribution < -0.4 is 16.0 Å². The number of unbranched alkanes of at least 4 members (excludes halogenated alkanes) is 2. The maximum atomic E-state index is 12.1. The molecule has 1 atom stereocenters. The standard InChI is InChI=1S/C20H34N4O/c1-5-7-8-10-16(3)24-20(21-4)23-15-17-11-9-12-18(14-17)19(25)22-13-6-2/h9,11-12,14,16H,5-8,10,13,15H2,1-4H3,(H,22,25)(H2,21,23,24). The van der Waals surface area contributed by atoms with E-state index < -0.39 is 0 Å². The summed E-state index contributed by atoms with van der Waals surface area (Å²) in [5.41, 5.74) is 1.76. The Kier molecular flexibility index (Phi) is 10.4. The smallest absolute Gasteiger partial charge is 0.251 e. The average molecular weight is 347 g/mol.